The molecule has 0 saturated carbocycles. The third-order valence-electron chi connectivity index (χ3n) is 4.22. The van der Waals surface area contributed by atoms with Gasteiger partial charge in [0.1, 0.15) is 16.5 Å². The molecule has 0 saturated heterocycles. The third kappa shape index (κ3) is 6.84. The van der Waals surface area contributed by atoms with E-state index < -0.39 is 0 Å². The number of benzene rings is 1. The largest absolute Gasteiger partial charge is 0.497 e. The van der Waals surface area contributed by atoms with Gasteiger partial charge in [0.15, 0.2) is 5.96 Å². The maximum atomic E-state index is 5.77. The Morgan fingerprint density at radius 3 is 2.50 bits per heavy atom. The van der Waals surface area contributed by atoms with E-state index in [1.165, 1.54) is 4.88 Å². The van der Waals surface area contributed by atoms with Gasteiger partial charge in [0.25, 0.3) is 0 Å². The van der Waals surface area contributed by atoms with Crippen molar-refractivity contribution in [3.05, 3.63) is 63.7 Å². The Hall–Kier alpha value is -2.40. The number of thiazole rings is 1. The third-order valence-corrected chi connectivity index (χ3v) is 5.30. The number of methoxy groups -OCH3 is 1. The van der Waals surface area contributed by atoms with Crippen molar-refractivity contribution in [2.24, 2.45) is 4.99 Å². The fourth-order valence-corrected chi connectivity index (χ4v) is 3.42. The zero-order valence-corrected chi connectivity index (χ0v) is 20.6. The van der Waals surface area contributed by atoms with Crippen LogP contribution < -0.4 is 20.1 Å². The lowest BCUT2D eigenvalue weighted by atomic mass is 10.3. The smallest absolute Gasteiger partial charge is 0.219 e. The number of hydrogen-bond acceptors (Lipinski definition) is 6. The van der Waals surface area contributed by atoms with Crippen LogP contribution >= 0.6 is 35.3 Å². The van der Waals surface area contributed by atoms with Crippen LogP contribution in [0.3, 0.4) is 0 Å². The number of rotatable bonds is 7. The minimum absolute atomic E-state index is 0. The second-order valence-corrected chi connectivity index (χ2v) is 7.60. The normalized spacial score (nSPS) is 10.9. The molecular weight excluding hydrogens is 513 g/mol. The predicted molar refractivity (Wildman–Crippen MR) is 131 cm³/mol. The van der Waals surface area contributed by atoms with Crippen LogP contribution in [-0.2, 0) is 13.1 Å². The highest BCUT2D eigenvalue weighted by atomic mass is 127. The second-order valence-electron chi connectivity index (χ2n) is 6.31. The summed E-state index contributed by atoms with van der Waals surface area (Å²) in [6.07, 6.45) is 1.78. The van der Waals surface area contributed by atoms with Crippen LogP contribution in [0.25, 0.3) is 0 Å². The van der Waals surface area contributed by atoms with Gasteiger partial charge in [-0.25, -0.2) is 9.97 Å². The number of nitrogens with one attached hydrogen (secondary N) is 2. The average molecular weight is 539 g/mol. The number of aliphatic imine (C=N–C) groups is 1. The number of halogens is 1. The van der Waals surface area contributed by atoms with Crippen molar-refractivity contribution in [2.45, 2.75) is 26.9 Å². The molecule has 0 aliphatic heterocycles. The van der Waals surface area contributed by atoms with Crippen molar-refractivity contribution in [1.29, 1.82) is 0 Å². The van der Waals surface area contributed by atoms with Crippen molar-refractivity contribution in [1.82, 2.24) is 20.6 Å². The maximum absolute atomic E-state index is 5.77. The predicted octanol–water partition coefficient (Wildman–Crippen LogP) is 4.44. The quantitative estimate of drug-likeness (QED) is 0.263. The second kappa shape index (κ2) is 11.7. The van der Waals surface area contributed by atoms with Gasteiger partial charge >= 0.3 is 0 Å². The van der Waals surface area contributed by atoms with Gasteiger partial charge in [-0.15, -0.1) is 35.3 Å². The van der Waals surface area contributed by atoms with Crippen molar-refractivity contribution in [3.8, 4) is 17.4 Å². The Morgan fingerprint density at radius 2 is 1.87 bits per heavy atom. The maximum Gasteiger partial charge on any atom is 0.219 e. The van der Waals surface area contributed by atoms with Crippen LogP contribution in [-0.4, -0.2) is 30.1 Å². The summed E-state index contributed by atoms with van der Waals surface area (Å²) in [5, 5.41) is 7.61. The molecule has 3 rings (SSSR count). The number of aryl methyl sites for hydroxylation is 2. The first kappa shape index (κ1) is 23.9. The highest BCUT2D eigenvalue weighted by Gasteiger charge is 2.06. The van der Waals surface area contributed by atoms with E-state index in [9.17, 15) is 0 Å². The lowest BCUT2D eigenvalue weighted by molar-refractivity contribution is 0.407. The molecule has 2 aromatic heterocycles. The van der Waals surface area contributed by atoms with Gasteiger partial charge in [-0.05, 0) is 31.5 Å². The molecular formula is C21H26IN5O2S. The van der Waals surface area contributed by atoms with E-state index in [-0.39, 0.29) is 24.0 Å². The summed E-state index contributed by atoms with van der Waals surface area (Å²) < 4.78 is 11.0. The summed E-state index contributed by atoms with van der Waals surface area (Å²) in [6.45, 7) is 5.35. The van der Waals surface area contributed by atoms with Crippen LogP contribution in [0.2, 0.25) is 0 Å². The van der Waals surface area contributed by atoms with Crippen LogP contribution in [0.15, 0.2) is 47.6 Å². The SMILES string of the molecule is CN=C(NCc1ccc(Oc2cccc(OC)c2)nc1)NCc1nc(C)c(C)s1.I. The van der Waals surface area contributed by atoms with Crippen LogP contribution in [0.5, 0.6) is 17.4 Å². The lowest BCUT2D eigenvalue weighted by Crippen LogP contribution is -2.36. The molecule has 0 atom stereocenters. The standard InChI is InChI=1S/C21H25N5O2S.HI/c1-14-15(2)29-20(26-14)13-25-21(22-3)24-12-16-8-9-19(23-11-16)28-18-7-5-6-17(10-18)27-4;/h5-11H,12-13H2,1-4H3,(H2,22,24,25);1H. The van der Waals surface area contributed by atoms with Crippen LogP contribution in [0.1, 0.15) is 21.1 Å². The van der Waals surface area contributed by atoms with Crippen LogP contribution in [0.4, 0.5) is 0 Å². The highest BCUT2D eigenvalue weighted by molar-refractivity contribution is 14.0. The Bertz CT molecular complexity index is 956. The van der Waals surface area contributed by atoms with Crippen molar-refractivity contribution in [3.63, 3.8) is 0 Å². The molecule has 30 heavy (non-hydrogen) atoms. The number of pyridine rings is 1. The monoisotopic (exact) mass is 539 g/mol. The zero-order valence-electron chi connectivity index (χ0n) is 17.4. The van der Waals surface area contributed by atoms with E-state index in [4.69, 9.17) is 9.47 Å². The van der Waals surface area contributed by atoms with Crippen LogP contribution in [0, 0.1) is 13.8 Å². The van der Waals surface area contributed by atoms with E-state index in [2.05, 4.69) is 32.5 Å². The molecule has 1 aromatic carbocycles. The number of hydrogen-bond donors (Lipinski definition) is 2. The van der Waals surface area contributed by atoms with Gasteiger partial charge in [0.2, 0.25) is 5.88 Å². The van der Waals surface area contributed by atoms with Gasteiger partial charge in [0.05, 0.1) is 19.3 Å². The summed E-state index contributed by atoms with van der Waals surface area (Å²) >= 11 is 1.70. The fraction of sp³-hybridized carbons (Fsp3) is 0.286. The van der Waals surface area contributed by atoms with Gasteiger partial charge < -0.3 is 20.1 Å². The summed E-state index contributed by atoms with van der Waals surface area (Å²) in [7, 11) is 3.37. The molecule has 0 amide bonds. The summed E-state index contributed by atoms with van der Waals surface area (Å²) in [5.41, 5.74) is 2.10. The molecule has 9 heteroatoms. The van der Waals surface area contributed by atoms with E-state index in [1.807, 2.05) is 43.3 Å². The molecule has 0 fully saturated rings. The molecule has 7 nitrogen and oxygen atoms in total. The highest BCUT2D eigenvalue weighted by Crippen LogP contribution is 2.23. The molecule has 0 spiro atoms. The Kier molecular flexibility index (Phi) is 9.31. The molecule has 0 radical (unpaired) electrons. The number of aromatic nitrogens is 2. The first-order valence-corrected chi connectivity index (χ1v) is 10.0. The van der Waals surface area contributed by atoms with Crippen molar-refractivity contribution in [2.75, 3.05) is 14.2 Å². The first-order chi connectivity index (χ1) is 14.1. The van der Waals surface area contributed by atoms with Crippen molar-refractivity contribution < 1.29 is 9.47 Å². The summed E-state index contributed by atoms with van der Waals surface area (Å²) in [6, 6.07) is 11.2. The Labute approximate surface area is 198 Å². The summed E-state index contributed by atoms with van der Waals surface area (Å²) in [5.74, 6) is 2.66. The molecule has 0 bridgehead atoms. The molecule has 0 aliphatic rings. The molecule has 3 aromatic rings. The van der Waals surface area contributed by atoms with Gasteiger partial charge in [-0.3, -0.25) is 4.99 Å². The Morgan fingerprint density at radius 1 is 1.10 bits per heavy atom. The first-order valence-electron chi connectivity index (χ1n) is 9.21. The number of guanidine groups is 1. The molecule has 0 unspecified atom stereocenters. The lowest BCUT2D eigenvalue weighted by Gasteiger charge is -2.11. The molecule has 160 valence electrons. The van der Waals surface area contributed by atoms with Crippen molar-refractivity contribution >= 4 is 41.3 Å². The van der Waals surface area contributed by atoms with E-state index >= 15 is 0 Å². The minimum atomic E-state index is 0. The number of nitrogens with zero attached hydrogens (tertiary/aromatic N) is 3. The molecule has 0 aliphatic carbocycles. The molecule has 2 N–H and O–H groups in total. The Balaban J connectivity index is 0.00000320. The summed E-state index contributed by atoms with van der Waals surface area (Å²) in [4.78, 5) is 14.4. The molecule has 2 heterocycles. The van der Waals surface area contributed by atoms with Gasteiger partial charge in [-0.1, -0.05) is 12.1 Å². The van der Waals surface area contributed by atoms with Gasteiger partial charge in [-0.2, -0.15) is 0 Å². The zero-order chi connectivity index (χ0) is 20.6. The number of ether oxygens (including phenoxy) is 2. The topological polar surface area (TPSA) is 80.7 Å². The van der Waals surface area contributed by atoms with E-state index in [0.717, 1.165) is 22.0 Å². The minimum Gasteiger partial charge on any atom is -0.497 e. The fourth-order valence-electron chi connectivity index (χ4n) is 2.54. The van der Waals surface area contributed by atoms with Gasteiger partial charge in [0, 0.05) is 36.8 Å². The average Bonchev–Trinajstić information content (AvgIpc) is 3.07. The van der Waals surface area contributed by atoms with E-state index in [0.29, 0.717) is 30.7 Å². The van der Waals surface area contributed by atoms with E-state index in [1.54, 1.807) is 31.7 Å².